The molecule has 0 amide bonds. The first-order valence-electron chi connectivity index (χ1n) is 3.42. The summed E-state index contributed by atoms with van der Waals surface area (Å²) in [6.45, 7) is 0. The first-order valence-corrected chi connectivity index (χ1v) is 9.98. The number of carboxylic acids is 1. The molecule has 1 aromatic rings. The molecule has 48 valence electrons. The number of benzene rings is 1. The molecule has 0 atom stereocenters. The summed E-state index contributed by atoms with van der Waals surface area (Å²) in [7, 11) is 0. The van der Waals surface area contributed by atoms with Crippen LogP contribution in [0.15, 0.2) is 18.2 Å². The van der Waals surface area contributed by atoms with Crippen LogP contribution in [0.4, 0.5) is 0 Å². The number of hydrogen-bond donors (Lipinski definition) is 1. The van der Waals surface area contributed by atoms with Crippen molar-refractivity contribution in [3.8, 4) is 0 Å². The van der Waals surface area contributed by atoms with E-state index in [4.69, 9.17) is 5.11 Å². The Morgan fingerprint density at radius 1 is 1.55 bits per heavy atom. The fraction of sp³-hybridized carbons (Fsp3) is 0. The van der Waals surface area contributed by atoms with Gasteiger partial charge in [-0.05, 0) is 0 Å². The SMILES string of the molecule is O=C(O)c1cc[c]([Rb])c[c]1[RaH]. The summed E-state index contributed by atoms with van der Waals surface area (Å²) in [5.41, 5.74) is 0.520. The molecule has 0 bridgehead atoms. The molecule has 1 aromatic carbocycles. The fourth-order valence-corrected chi connectivity index (χ4v) is 11.8. The summed E-state index contributed by atoms with van der Waals surface area (Å²) in [5.74, 6) is -0.778. The molecular weight excluding hydrogens is 428 g/mol. The van der Waals surface area contributed by atoms with Crippen molar-refractivity contribution in [2.75, 3.05) is 0 Å². The monoisotopic (exact) mass is 432 g/mol. The van der Waals surface area contributed by atoms with Gasteiger partial charge in [0.2, 0.25) is 0 Å². The number of hydrogen-bond acceptors (Lipinski definition) is 1. The van der Waals surface area contributed by atoms with Crippen LogP contribution in [0.25, 0.3) is 0 Å². The van der Waals surface area contributed by atoms with Gasteiger partial charge in [-0.3, -0.25) is 0 Å². The van der Waals surface area contributed by atoms with Gasteiger partial charge in [-0.15, -0.1) is 0 Å². The van der Waals surface area contributed by atoms with Gasteiger partial charge in [0.25, 0.3) is 0 Å². The van der Waals surface area contributed by atoms with Gasteiger partial charge in [0.1, 0.15) is 0 Å². The predicted octanol–water partition coefficient (Wildman–Crippen LogP) is -0.915. The summed E-state index contributed by atoms with van der Waals surface area (Å²) in [6.07, 6.45) is 0. The fourth-order valence-electron chi connectivity index (χ4n) is 1.05. The number of carbonyl (C=O) groups is 1. The molecule has 0 aromatic heterocycles. The molecule has 0 saturated heterocycles. The second kappa shape index (κ2) is 5.00. The third-order valence-electron chi connectivity index (χ3n) is 1.61. The van der Waals surface area contributed by atoms with Crippen molar-refractivity contribution < 1.29 is 52.7 Å². The van der Waals surface area contributed by atoms with Crippen LogP contribution in [0.1, 0.15) is 10.4 Å². The van der Waals surface area contributed by atoms with Crippen LogP contribution in [0.3, 0.4) is 0 Å². The molecule has 0 aliphatic heterocycles. The Balaban J connectivity index is 3.20. The first-order chi connectivity index (χ1) is 5.11. The summed E-state index contributed by atoms with van der Waals surface area (Å²) in [6, 6.07) is 5.73. The van der Waals surface area contributed by atoms with Crippen molar-refractivity contribution in [3.63, 3.8) is 0 Å². The van der Waals surface area contributed by atoms with Gasteiger partial charge >= 0.3 is 137 Å². The Morgan fingerprint density at radius 2 is 2.18 bits per heavy atom. The molecule has 0 fully saturated rings. The quantitative estimate of drug-likeness (QED) is 0.624. The maximum absolute atomic E-state index is 10.6. The van der Waals surface area contributed by atoms with Crippen molar-refractivity contribution in [1.82, 2.24) is 0 Å². The van der Waals surface area contributed by atoms with E-state index in [2.05, 4.69) is 6.07 Å². The standard InChI is InChI=1S/C7H4O2.Ra.Rb.H/c8-7(9)6-4-2-1-3-5-6;;;/h2-4H,(H,8,9);;;. The van der Waals surface area contributed by atoms with Gasteiger partial charge in [0, 0.05) is 0 Å². The van der Waals surface area contributed by atoms with Gasteiger partial charge in [0.05, 0.1) is 0 Å². The molecule has 0 saturated carbocycles. The van der Waals surface area contributed by atoms with Crippen LogP contribution in [0, 0.1) is 42.8 Å². The van der Waals surface area contributed by atoms with Crippen LogP contribution in [0.2, 0.25) is 0 Å². The van der Waals surface area contributed by atoms with Crippen molar-refractivity contribution >= 4 is 60.7 Å². The minimum atomic E-state index is -0.778. The van der Waals surface area contributed by atoms with E-state index < -0.39 is 5.97 Å². The Kier molecular flexibility index (Phi) is 5.01. The van der Waals surface area contributed by atoms with Gasteiger partial charge < -0.3 is 0 Å². The van der Waals surface area contributed by atoms with E-state index in [1.165, 1.54) is -1.37 Å². The average Bonchev–Trinajstić information content (AvgIpc) is 1.85. The van der Waals surface area contributed by atoms with E-state index in [1.54, 1.807) is 6.07 Å². The third-order valence-corrected chi connectivity index (χ3v) is 6.54. The topological polar surface area (TPSA) is 37.3 Å². The van der Waals surface area contributed by atoms with E-state index in [0.29, 0.717) is 61.1 Å². The summed E-state index contributed by atoms with van der Waals surface area (Å²) in [5, 5.41) is 8.71. The van der Waals surface area contributed by atoms with Crippen molar-refractivity contribution in [1.29, 1.82) is 0 Å². The number of carboxylic acid groups (broad SMARTS) is 1. The summed E-state index contributed by atoms with van der Waals surface area (Å²) in [4.78, 5) is 10.6. The van der Waals surface area contributed by atoms with Crippen LogP contribution in [0.5, 0.6) is 0 Å². The van der Waals surface area contributed by atoms with E-state index in [-0.39, 0.29) is 42.8 Å². The molecule has 0 radical (unpaired) electrons. The molecule has 1 rings (SSSR count). The van der Waals surface area contributed by atoms with Gasteiger partial charge in [-0.1, -0.05) is 0 Å². The van der Waals surface area contributed by atoms with Crippen LogP contribution < -0.4 is -0.764 Å². The number of rotatable bonds is 1. The Hall–Kier alpha value is 1.96. The van der Waals surface area contributed by atoms with Gasteiger partial charge in [-0.25, -0.2) is 0 Å². The molecule has 0 aliphatic carbocycles. The Labute approximate surface area is 133 Å². The zero-order valence-corrected chi connectivity index (χ0v) is 19.7. The maximum atomic E-state index is 10.6. The molecule has 4 heteroatoms. The van der Waals surface area contributed by atoms with Gasteiger partial charge in [0.15, 0.2) is 0 Å². The minimum absolute atomic E-state index is 0.164. The van der Waals surface area contributed by atoms with Crippen molar-refractivity contribution in [2.45, 2.75) is 0 Å². The van der Waals surface area contributed by atoms with E-state index in [0.717, 1.165) is 0.604 Å². The average molecular weight is 433 g/mol. The van der Waals surface area contributed by atoms with Gasteiger partial charge in [-0.2, -0.15) is 0 Å². The summed E-state index contributed by atoms with van der Waals surface area (Å²) < 4.78 is 2.46. The van der Waals surface area contributed by atoms with E-state index in [1.807, 2.05) is 6.07 Å². The van der Waals surface area contributed by atoms with Crippen LogP contribution in [-0.2, 0) is 0 Å². The molecular formula is C7H5O2RaRb. The van der Waals surface area contributed by atoms with E-state index in [9.17, 15) is 4.79 Å². The van der Waals surface area contributed by atoms with Crippen molar-refractivity contribution in [3.05, 3.63) is 23.8 Å². The van der Waals surface area contributed by atoms with Crippen LogP contribution >= 0.6 is 0 Å². The van der Waals surface area contributed by atoms with E-state index >= 15 is 0 Å². The third kappa shape index (κ3) is 3.30. The Morgan fingerprint density at radius 3 is 2.64 bits per heavy atom. The molecule has 11 heavy (non-hydrogen) atoms. The molecule has 2 nitrogen and oxygen atoms in total. The van der Waals surface area contributed by atoms with Crippen LogP contribution in [-0.4, -0.2) is 66.6 Å². The predicted molar refractivity (Wildman–Crippen MR) is 39.8 cm³/mol. The molecule has 1 N–H and O–H groups in total. The second-order valence-electron chi connectivity index (χ2n) is 2.62. The normalized spacial score (nSPS) is 9.55. The first kappa shape index (κ1) is 11.0. The molecule has 0 aliphatic rings. The molecule has 0 heterocycles. The molecule has 0 spiro atoms. The molecule has 0 unspecified atom stereocenters. The Bertz CT molecular complexity index is 298. The summed E-state index contributed by atoms with van der Waals surface area (Å²) >= 11 is 0.678. The number of aromatic carboxylic acids is 1. The second-order valence-corrected chi connectivity index (χ2v) is 9.89. The zero-order chi connectivity index (χ0) is 8.43. The zero-order valence-electron chi connectivity index (χ0n) is 6.59. The van der Waals surface area contributed by atoms with Crippen molar-refractivity contribution in [2.24, 2.45) is 0 Å².